The van der Waals surface area contributed by atoms with Gasteiger partial charge in [-0.1, -0.05) is 0 Å². The van der Waals surface area contributed by atoms with Gasteiger partial charge in [-0.2, -0.15) is 0 Å². The van der Waals surface area contributed by atoms with E-state index in [2.05, 4.69) is 5.32 Å². The van der Waals surface area contributed by atoms with E-state index in [-0.39, 0.29) is 12.1 Å². The van der Waals surface area contributed by atoms with Crippen molar-refractivity contribution in [3.63, 3.8) is 0 Å². The van der Waals surface area contributed by atoms with Crippen molar-refractivity contribution in [3.8, 4) is 0 Å². The van der Waals surface area contributed by atoms with Crippen LogP contribution in [0.1, 0.15) is 12.8 Å². The fourth-order valence-electron chi connectivity index (χ4n) is 1.15. The molecule has 2 atom stereocenters. The quantitative estimate of drug-likeness (QED) is 0.555. The second-order valence-electron chi connectivity index (χ2n) is 2.42. The molecule has 2 N–H and O–H groups in total. The largest absolute Gasteiger partial charge is 0.390 e. The van der Waals surface area contributed by atoms with Gasteiger partial charge in [-0.05, 0) is 19.4 Å². The number of hydrogen-bond donors (Lipinski definition) is 2. The van der Waals surface area contributed by atoms with Crippen LogP contribution < -0.4 is 5.32 Å². The molecule has 0 bridgehead atoms. The van der Waals surface area contributed by atoms with Crippen molar-refractivity contribution >= 4 is 11.6 Å². The van der Waals surface area contributed by atoms with Gasteiger partial charge >= 0.3 is 0 Å². The fraction of sp³-hybridized carbons (Fsp3) is 1.00. The molecule has 0 radical (unpaired) electrons. The average Bonchev–Trinajstić information content (AvgIpc) is 2.37. The Morgan fingerprint density at radius 1 is 1.78 bits per heavy atom. The molecular formula is C6H12ClNO. The van der Waals surface area contributed by atoms with E-state index in [1.54, 1.807) is 0 Å². The number of alkyl halides is 1. The summed E-state index contributed by atoms with van der Waals surface area (Å²) in [7, 11) is 0. The molecular weight excluding hydrogens is 138 g/mol. The molecule has 0 spiro atoms. The maximum atomic E-state index is 9.16. The minimum Gasteiger partial charge on any atom is -0.390 e. The first kappa shape index (κ1) is 7.32. The zero-order valence-electron chi connectivity index (χ0n) is 5.31. The first-order chi connectivity index (χ1) is 4.34. The van der Waals surface area contributed by atoms with E-state index in [1.165, 1.54) is 6.42 Å². The summed E-state index contributed by atoms with van der Waals surface area (Å²) in [5.74, 6) is 0.345. The second kappa shape index (κ2) is 3.40. The van der Waals surface area contributed by atoms with Crippen molar-refractivity contribution < 1.29 is 5.11 Å². The monoisotopic (exact) mass is 149 g/mol. The average molecular weight is 150 g/mol. The highest BCUT2D eigenvalue weighted by atomic mass is 35.5. The van der Waals surface area contributed by atoms with Crippen molar-refractivity contribution in [2.45, 2.75) is 25.0 Å². The smallest absolute Gasteiger partial charge is 0.0828 e. The van der Waals surface area contributed by atoms with Crippen LogP contribution in [0.2, 0.25) is 0 Å². The van der Waals surface area contributed by atoms with Crippen LogP contribution in [0.5, 0.6) is 0 Å². The summed E-state index contributed by atoms with van der Waals surface area (Å²) in [4.78, 5) is 0. The highest BCUT2D eigenvalue weighted by Crippen LogP contribution is 2.09. The Morgan fingerprint density at radius 2 is 2.56 bits per heavy atom. The lowest BCUT2D eigenvalue weighted by Gasteiger charge is -2.14. The van der Waals surface area contributed by atoms with E-state index < -0.39 is 0 Å². The Kier molecular flexibility index (Phi) is 2.76. The predicted octanol–water partition coefficient (Wildman–Crippen LogP) is 0.338. The van der Waals surface area contributed by atoms with Crippen molar-refractivity contribution in [2.24, 2.45) is 0 Å². The van der Waals surface area contributed by atoms with Crippen LogP contribution in [0.25, 0.3) is 0 Å². The van der Waals surface area contributed by atoms with Gasteiger partial charge in [0, 0.05) is 11.9 Å². The molecule has 1 fully saturated rings. The van der Waals surface area contributed by atoms with Gasteiger partial charge in [-0.25, -0.2) is 0 Å². The first-order valence-electron chi connectivity index (χ1n) is 3.32. The highest BCUT2D eigenvalue weighted by molar-refractivity contribution is 6.18. The molecule has 3 heteroatoms. The molecule has 1 saturated heterocycles. The Morgan fingerprint density at radius 3 is 3.00 bits per heavy atom. The zero-order valence-corrected chi connectivity index (χ0v) is 6.06. The molecule has 0 aromatic heterocycles. The normalized spacial score (nSPS) is 30.7. The SMILES string of the molecule is O[C@H](CCl)[C@@H]1CCCN1. The molecule has 54 valence electrons. The van der Waals surface area contributed by atoms with Gasteiger partial charge in [-0.3, -0.25) is 0 Å². The van der Waals surface area contributed by atoms with Crippen molar-refractivity contribution in [2.75, 3.05) is 12.4 Å². The minimum absolute atomic E-state index is 0.252. The number of aliphatic hydroxyl groups excluding tert-OH is 1. The van der Waals surface area contributed by atoms with Gasteiger partial charge in [0.2, 0.25) is 0 Å². The fourth-order valence-corrected chi connectivity index (χ4v) is 1.36. The molecule has 9 heavy (non-hydrogen) atoms. The molecule has 1 heterocycles. The van der Waals surface area contributed by atoms with Gasteiger partial charge in [-0.15, -0.1) is 11.6 Å². The van der Waals surface area contributed by atoms with E-state index in [0.29, 0.717) is 5.88 Å². The van der Waals surface area contributed by atoms with Crippen molar-refractivity contribution in [1.82, 2.24) is 5.32 Å². The van der Waals surface area contributed by atoms with Crippen LogP contribution in [-0.2, 0) is 0 Å². The number of aliphatic hydroxyl groups is 1. The van der Waals surface area contributed by atoms with Crippen molar-refractivity contribution in [3.05, 3.63) is 0 Å². The maximum absolute atomic E-state index is 9.16. The maximum Gasteiger partial charge on any atom is 0.0828 e. The summed E-state index contributed by atoms with van der Waals surface area (Å²) in [6, 6.07) is 0.252. The van der Waals surface area contributed by atoms with E-state index in [0.717, 1.165) is 13.0 Å². The summed E-state index contributed by atoms with van der Waals surface area (Å²) in [5.41, 5.74) is 0. The van der Waals surface area contributed by atoms with Crippen LogP contribution in [0.4, 0.5) is 0 Å². The zero-order chi connectivity index (χ0) is 6.69. The molecule has 1 aliphatic rings. The third kappa shape index (κ3) is 1.81. The van der Waals surface area contributed by atoms with Gasteiger partial charge in [0.15, 0.2) is 0 Å². The second-order valence-corrected chi connectivity index (χ2v) is 2.73. The number of rotatable bonds is 2. The Labute approximate surface area is 60.2 Å². The van der Waals surface area contributed by atoms with Gasteiger partial charge in [0.25, 0.3) is 0 Å². The molecule has 0 saturated carbocycles. The Balaban J connectivity index is 2.24. The molecule has 0 amide bonds. The molecule has 1 rings (SSSR count). The van der Waals surface area contributed by atoms with Gasteiger partial charge < -0.3 is 10.4 Å². The molecule has 0 aromatic rings. The standard InChI is InChI=1S/C6H12ClNO/c7-4-6(9)5-2-1-3-8-5/h5-6,8-9H,1-4H2/t5-,6+/m0/s1. The van der Waals surface area contributed by atoms with Crippen LogP contribution in [0.3, 0.4) is 0 Å². The van der Waals surface area contributed by atoms with E-state index in [9.17, 15) is 0 Å². The third-order valence-corrected chi connectivity index (χ3v) is 2.04. The molecule has 2 nitrogen and oxygen atoms in total. The minimum atomic E-state index is -0.353. The number of hydrogen-bond acceptors (Lipinski definition) is 2. The Hall–Kier alpha value is 0.210. The van der Waals surface area contributed by atoms with Crippen LogP contribution in [0.15, 0.2) is 0 Å². The summed E-state index contributed by atoms with van der Waals surface area (Å²) < 4.78 is 0. The lowest BCUT2D eigenvalue weighted by atomic mass is 10.1. The van der Waals surface area contributed by atoms with Crippen LogP contribution in [-0.4, -0.2) is 29.7 Å². The molecule has 0 aliphatic carbocycles. The molecule has 0 aromatic carbocycles. The Bertz CT molecular complexity index is 83.1. The summed E-state index contributed by atoms with van der Waals surface area (Å²) in [6.07, 6.45) is 1.88. The van der Waals surface area contributed by atoms with E-state index in [1.807, 2.05) is 0 Å². The van der Waals surface area contributed by atoms with Crippen LogP contribution >= 0.6 is 11.6 Å². The van der Waals surface area contributed by atoms with Gasteiger partial charge in [0.05, 0.1) is 6.10 Å². The highest BCUT2D eigenvalue weighted by Gasteiger charge is 2.20. The third-order valence-electron chi connectivity index (χ3n) is 1.72. The lowest BCUT2D eigenvalue weighted by molar-refractivity contribution is 0.157. The number of halogens is 1. The lowest BCUT2D eigenvalue weighted by Crippen LogP contribution is -2.35. The number of nitrogens with one attached hydrogen (secondary N) is 1. The molecule has 1 aliphatic heterocycles. The van der Waals surface area contributed by atoms with Crippen LogP contribution in [0, 0.1) is 0 Å². The topological polar surface area (TPSA) is 32.3 Å². The first-order valence-corrected chi connectivity index (χ1v) is 3.85. The van der Waals surface area contributed by atoms with E-state index >= 15 is 0 Å². The van der Waals surface area contributed by atoms with Gasteiger partial charge in [0.1, 0.15) is 0 Å². The summed E-state index contributed by atoms with van der Waals surface area (Å²) in [5, 5.41) is 12.3. The van der Waals surface area contributed by atoms with Crippen molar-refractivity contribution in [1.29, 1.82) is 0 Å². The summed E-state index contributed by atoms with van der Waals surface area (Å²) >= 11 is 5.44. The summed E-state index contributed by atoms with van der Waals surface area (Å²) in [6.45, 7) is 1.03. The molecule has 0 unspecified atom stereocenters. The predicted molar refractivity (Wildman–Crippen MR) is 37.8 cm³/mol. The van der Waals surface area contributed by atoms with E-state index in [4.69, 9.17) is 16.7 Å².